The third-order valence-corrected chi connectivity index (χ3v) is 3.51. The number of halogens is 2. The van der Waals surface area contributed by atoms with E-state index in [4.69, 9.17) is 0 Å². The Morgan fingerprint density at radius 3 is 2.80 bits per heavy atom. The first-order valence-electron chi connectivity index (χ1n) is 5.94. The number of aromatic nitrogens is 2. The van der Waals surface area contributed by atoms with Gasteiger partial charge in [-0.05, 0) is 37.6 Å². The molecule has 0 saturated carbocycles. The summed E-state index contributed by atoms with van der Waals surface area (Å²) in [6.45, 7) is 3.84. The van der Waals surface area contributed by atoms with E-state index in [0.29, 0.717) is 22.6 Å². The average Bonchev–Trinajstić information content (AvgIpc) is 2.43. The van der Waals surface area contributed by atoms with Crippen LogP contribution in [-0.4, -0.2) is 10.2 Å². The first-order chi connectivity index (χ1) is 9.52. The average molecular weight is 335 g/mol. The molecule has 0 radical (unpaired) electrons. The van der Waals surface area contributed by atoms with E-state index in [2.05, 4.69) is 37.5 Å². The lowest BCUT2D eigenvalue weighted by Gasteiger charge is -2.10. The quantitative estimate of drug-likeness (QED) is 0.933. The first kappa shape index (κ1) is 14.4. The molecule has 6 heteroatoms. The van der Waals surface area contributed by atoms with Crippen molar-refractivity contribution in [3.8, 4) is 6.07 Å². The lowest BCUT2D eigenvalue weighted by Crippen LogP contribution is -2.08. The fourth-order valence-corrected chi connectivity index (χ4v) is 2.14. The van der Waals surface area contributed by atoms with Gasteiger partial charge >= 0.3 is 0 Å². The fourth-order valence-electron chi connectivity index (χ4n) is 1.73. The van der Waals surface area contributed by atoms with Crippen LogP contribution < -0.4 is 5.32 Å². The summed E-state index contributed by atoms with van der Waals surface area (Å²) in [7, 11) is 0. The van der Waals surface area contributed by atoms with E-state index in [9.17, 15) is 9.65 Å². The molecule has 0 spiro atoms. The van der Waals surface area contributed by atoms with Gasteiger partial charge in [-0.2, -0.15) is 10.4 Å². The highest BCUT2D eigenvalue weighted by Crippen LogP contribution is 2.20. The smallest absolute Gasteiger partial charge is 0.167 e. The minimum Gasteiger partial charge on any atom is -0.363 e. The molecule has 1 aromatic carbocycles. The van der Waals surface area contributed by atoms with Gasteiger partial charge < -0.3 is 5.32 Å². The molecule has 0 aliphatic heterocycles. The van der Waals surface area contributed by atoms with Gasteiger partial charge in [0.25, 0.3) is 0 Å². The summed E-state index contributed by atoms with van der Waals surface area (Å²) in [5.41, 5.74) is 2.41. The maximum Gasteiger partial charge on any atom is 0.167 e. The molecular weight excluding hydrogens is 323 g/mol. The van der Waals surface area contributed by atoms with E-state index < -0.39 is 0 Å². The van der Waals surface area contributed by atoms with E-state index in [1.54, 1.807) is 19.1 Å². The molecule has 1 heterocycles. The van der Waals surface area contributed by atoms with Gasteiger partial charge in [-0.1, -0.05) is 15.9 Å². The Bertz CT molecular complexity index is 694. The maximum atomic E-state index is 13.6. The molecule has 0 aliphatic rings. The zero-order valence-electron chi connectivity index (χ0n) is 11.0. The van der Waals surface area contributed by atoms with Crippen molar-refractivity contribution >= 4 is 21.7 Å². The van der Waals surface area contributed by atoms with E-state index >= 15 is 0 Å². The lowest BCUT2D eigenvalue weighted by atomic mass is 10.1. The molecule has 0 bridgehead atoms. The lowest BCUT2D eigenvalue weighted by molar-refractivity contribution is 0.612. The van der Waals surface area contributed by atoms with Crippen molar-refractivity contribution in [2.75, 3.05) is 5.32 Å². The summed E-state index contributed by atoms with van der Waals surface area (Å²) in [6, 6.07) is 6.80. The molecule has 0 unspecified atom stereocenters. The monoisotopic (exact) mass is 334 g/mol. The number of nitriles is 1. The minimum absolute atomic E-state index is 0.233. The standard InChI is InChI=1S/C14H12BrFN4/c1-8-9(2)19-20-14(12(8)6-17)18-7-10-5-11(15)3-4-13(10)16/h3-5H,7H2,1-2H3,(H,18,20). The van der Waals surface area contributed by atoms with Gasteiger partial charge in [0.15, 0.2) is 5.82 Å². The number of rotatable bonds is 3. The number of nitrogens with zero attached hydrogens (tertiary/aromatic N) is 3. The van der Waals surface area contributed by atoms with Gasteiger partial charge in [-0.15, -0.1) is 5.10 Å². The van der Waals surface area contributed by atoms with Crippen molar-refractivity contribution in [2.24, 2.45) is 0 Å². The highest BCUT2D eigenvalue weighted by Gasteiger charge is 2.11. The summed E-state index contributed by atoms with van der Waals surface area (Å²) in [5, 5.41) is 20.1. The predicted octanol–water partition coefficient (Wildman–Crippen LogP) is 3.48. The third-order valence-electron chi connectivity index (χ3n) is 3.02. The van der Waals surface area contributed by atoms with Gasteiger partial charge in [0.2, 0.25) is 0 Å². The van der Waals surface area contributed by atoms with Crippen LogP contribution in [0.3, 0.4) is 0 Å². The molecule has 1 N–H and O–H groups in total. The zero-order valence-corrected chi connectivity index (χ0v) is 12.6. The number of nitrogens with one attached hydrogen (secondary N) is 1. The Labute approximate surface area is 124 Å². The van der Waals surface area contributed by atoms with E-state index in [1.165, 1.54) is 6.07 Å². The van der Waals surface area contributed by atoms with E-state index in [0.717, 1.165) is 10.0 Å². The van der Waals surface area contributed by atoms with Gasteiger partial charge in [0, 0.05) is 16.6 Å². The highest BCUT2D eigenvalue weighted by atomic mass is 79.9. The third kappa shape index (κ3) is 2.94. The predicted molar refractivity (Wildman–Crippen MR) is 77.6 cm³/mol. The second-order valence-corrected chi connectivity index (χ2v) is 5.25. The van der Waals surface area contributed by atoms with Crippen LogP contribution in [0.5, 0.6) is 0 Å². The zero-order chi connectivity index (χ0) is 14.7. The SMILES string of the molecule is Cc1nnc(NCc2cc(Br)ccc2F)c(C#N)c1C. The topological polar surface area (TPSA) is 61.6 Å². The molecule has 0 saturated heterocycles. The van der Waals surface area contributed by atoms with Crippen molar-refractivity contribution in [1.82, 2.24) is 10.2 Å². The number of anilines is 1. The number of hydrogen-bond donors (Lipinski definition) is 1. The van der Waals surface area contributed by atoms with Crippen LogP contribution in [0, 0.1) is 31.0 Å². The van der Waals surface area contributed by atoms with E-state index in [-0.39, 0.29) is 12.4 Å². The fraction of sp³-hybridized carbons (Fsp3) is 0.214. The Morgan fingerprint density at radius 1 is 1.35 bits per heavy atom. The van der Waals surface area contributed by atoms with Crippen LogP contribution in [0.2, 0.25) is 0 Å². The second kappa shape index (κ2) is 5.97. The molecule has 2 aromatic rings. The van der Waals surface area contributed by atoms with Crippen molar-refractivity contribution in [3.63, 3.8) is 0 Å². The molecular formula is C14H12BrFN4. The summed E-state index contributed by atoms with van der Waals surface area (Å²) in [6.07, 6.45) is 0. The molecule has 0 atom stereocenters. The van der Waals surface area contributed by atoms with Crippen LogP contribution >= 0.6 is 15.9 Å². The molecule has 2 rings (SSSR count). The Hall–Kier alpha value is -2.00. The van der Waals surface area contributed by atoms with E-state index in [1.807, 2.05) is 6.92 Å². The summed E-state index contributed by atoms with van der Waals surface area (Å²) in [5.74, 6) is 0.0611. The molecule has 1 aromatic heterocycles. The largest absolute Gasteiger partial charge is 0.363 e. The highest BCUT2D eigenvalue weighted by molar-refractivity contribution is 9.10. The van der Waals surface area contributed by atoms with Crippen LogP contribution in [0.25, 0.3) is 0 Å². The summed E-state index contributed by atoms with van der Waals surface area (Å²) in [4.78, 5) is 0. The first-order valence-corrected chi connectivity index (χ1v) is 6.74. The van der Waals surface area contributed by atoms with Crippen LogP contribution in [0.15, 0.2) is 22.7 Å². The van der Waals surface area contributed by atoms with Gasteiger partial charge in [-0.3, -0.25) is 0 Å². The molecule has 0 fully saturated rings. The van der Waals surface area contributed by atoms with Crippen molar-refractivity contribution in [3.05, 3.63) is 50.9 Å². The second-order valence-electron chi connectivity index (χ2n) is 4.34. The van der Waals surface area contributed by atoms with Gasteiger partial charge in [0.1, 0.15) is 17.4 Å². The van der Waals surface area contributed by atoms with Crippen molar-refractivity contribution in [1.29, 1.82) is 5.26 Å². The number of benzene rings is 1. The Kier molecular flexibility index (Phi) is 4.30. The molecule has 0 aliphatic carbocycles. The maximum absolute atomic E-state index is 13.6. The normalized spacial score (nSPS) is 10.2. The molecule has 4 nitrogen and oxygen atoms in total. The van der Waals surface area contributed by atoms with Crippen molar-refractivity contribution < 1.29 is 4.39 Å². The Balaban J connectivity index is 2.26. The minimum atomic E-state index is -0.309. The molecule has 0 amide bonds. The van der Waals surface area contributed by atoms with Crippen LogP contribution in [0.4, 0.5) is 10.2 Å². The van der Waals surface area contributed by atoms with Crippen LogP contribution in [0.1, 0.15) is 22.4 Å². The number of hydrogen-bond acceptors (Lipinski definition) is 4. The number of aryl methyl sites for hydroxylation is 1. The summed E-state index contributed by atoms with van der Waals surface area (Å²) < 4.78 is 14.4. The van der Waals surface area contributed by atoms with Gasteiger partial charge in [0.05, 0.1) is 5.69 Å². The summed E-state index contributed by atoms with van der Waals surface area (Å²) >= 11 is 3.30. The van der Waals surface area contributed by atoms with Crippen molar-refractivity contribution in [2.45, 2.75) is 20.4 Å². The van der Waals surface area contributed by atoms with Crippen LogP contribution in [-0.2, 0) is 6.54 Å². The molecule has 102 valence electrons. The molecule has 20 heavy (non-hydrogen) atoms. The van der Waals surface area contributed by atoms with Gasteiger partial charge in [-0.25, -0.2) is 4.39 Å². The Morgan fingerprint density at radius 2 is 2.10 bits per heavy atom.